The van der Waals surface area contributed by atoms with Crippen LogP contribution in [-0.4, -0.2) is 11.6 Å². The summed E-state index contributed by atoms with van der Waals surface area (Å²) in [4.78, 5) is 25.5. The fourth-order valence-corrected chi connectivity index (χ4v) is 3.09. The number of carbonyl (C=O) groups is 2. The SMILES string of the molecule is CCCCCc1c(N)ccc2c1C(=O)c1ccccc1C2=O. The van der Waals surface area contributed by atoms with Gasteiger partial charge in [-0.1, -0.05) is 44.0 Å². The van der Waals surface area contributed by atoms with Crippen LogP contribution in [0.5, 0.6) is 0 Å². The van der Waals surface area contributed by atoms with Crippen molar-refractivity contribution in [3.8, 4) is 0 Å². The number of carbonyl (C=O) groups excluding carboxylic acids is 2. The number of benzene rings is 2. The van der Waals surface area contributed by atoms with E-state index in [0.29, 0.717) is 27.9 Å². The Morgan fingerprint density at radius 2 is 1.55 bits per heavy atom. The fraction of sp³-hybridized carbons (Fsp3) is 0.263. The standard InChI is InChI=1S/C19H19NO2/c1-2-3-4-9-14-16(20)11-10-15-17(14)19(22)13-8-6-5-7-12(13)18(15)21/h5-8,10-11H,2-4,9,20H2,1H3. The summed E-state index contributed by atoms with van der Waals surface area (Å²) in [5.74, 6) is -0.161. The molecule has 0 fully saturated rings. The van der Waals surface area contributed by atoms with Crippen molar-refractivity contribution in [3.05, 3.63) is 64.2 Å². The molecule has 3 heteroatoms. The molecule has 0 unspecified atom stereocenters. The minimum absolute atomic E-state index is 0.0796. The van der Waals surface area contributed by atoms with Gasteiger partial charge in [0.15, 0.2) is 11.6 Å². The van der Waals surface area contributed by atoms with Crippen molar-refractivity contribution in [2.24, 2.45) is 0 Å². The van der Waals surface area contributed by atoms with Gasteiger partial charge in [0.25, 0.3) is 0 Å². The van der Waals surface area contributed by atoms with Crippen molar-refractivity contribution in [2.45, 2.75) is 32.6 Å². The first kappa shape index (κ1) is 14.5. The zero-order valence-corrected chi connectivity index (χ0v) is 12.7. The van der Waals surface area contributed by atoms with Gasteiger partial charge in [0.05, 0.1) is 0 Å². The van der Waals surface area contributed by atoms with E-state index in [2.05, 4.69) is 6.92 Å². The number of nitrogens with two attached hydrogens (primary N) is 1. The highest BCUT2D eigenvalue weighted by atomic mass is 16.1. The normalized spacial score (nSPS) is 13.0. The maximum atomic E-state index is 12.9. The number of ketones is 2. The number of rotatable bonds is 4. The second-order valence-electron chi connectivity index (χ2n) is 5.72. The van der Waals surface area contributed by atoms with Gasteiger partial charge < -0.3 is 5.73 Å². The summed E-state index contributed by atoms with van der Waals surface area (Å²) in [7, 11) is 0. The molecule has 3 nitrogen and oxygen atoms in total. The molecule has 3 rings (SSSR count). The van der Waals surface area contributed by atoms with Crippen molar-refractivity contribution in [3.63, 3.8) is 0 Å². The van der Waals surface area contributed by atoms with Gasteiger partial charge in [0.2, 0.25) is 0 Å². The fourth-order valence-electron chi connectivity index (χ4n) is 3.09. The highest BCUT2D eigenvalue weighted by Gasteiger charge is 2.31. The van der Waals surface area contributed by atoms with E-state index in [-0.39, 0.29) is 11.6 Å². The number of unbranched alkanes of at least 4 members (excludes halogenated alkanes) is 2. The molecule has 1 aliphatic rings. The average Bonchev–Trinajstić information content (AvgIpc) is 2.54. The van der Waals surface area contributed by atoms with Crippen LogP contribution in [0.3, 0.4) is 0 Å². The molecule has 0 saturated carbocycles. The lowest BCUT2D eigenvalue weighted by molar-refractivity contribution is 0.0978. The molecule has 22 heavy (non-hydrogen) atoms. The van der Waals surface area contributed by atoms with Gasteiger partial charge in [-0.2, -0.15) is 0 Å². The smallest absolute Gasteiger partial charge is 0.194 e. The average molecular weight is 293 g/mol. The van der Waals surface area contributed by atoms with Crippen LogP contribution in [-0.2, 0) is 6.42 Å². The van der Waals surface area contributed by atoms with Gasteiger partial charge in [-0.3, -0.25) is 9.59 Å². The molecule has 0 spiro atoms. The Labute approximate surface area is 130 Å². The highest BCUT2D eigenvalue weighted by Crippen LogP contribution is 2.32. The van der Waals surface area contributed by atoms with E-state index in [4.69, 9.17) is 5.73 Å². The molecule has 0 bridgehead atoms. The molecule has 2 aromatic carbocycles. The summed E-state index contributed by atoms with van der Waals surface area (Å²) >= 11 is 0. The molecule has 0 saturated heterocycles. The van der Waals surface area contributed by atoms with Crippen LogP contribution >= 0.6 is 0 Å². The van der Waals surface area contributed by atoms with Crippen molar-refractivity contribution in [1.29, 1.82) is 0 Å². The Bertz CT molecular complexity index is 762. The van der Waals surface area contributed by atoms with Gasteiger partial charge >= 0.3 is 0 Å². The zero-order chi connectivity index (χ0) is 15.7. The van der Waals surface area contributed by atoms with Gasteiger partial charge in [-0.15, -0.1) is 0 Å². The van der Waals surface area contributed by atoms with Gasteiger partial charge in [-0.25, -0.2) is 0 Å². The van der Waals surface area contributed by atoms with Crippen molar-refractivity contribution in [2.75, 3.05) is 5.73 Å². The monoisotopic (exact) mass is 293 g/mol. The molecule has 0 atom stereocenters. The first-order valence-corrected chi connectivity index (χ1v) is 7.75. The Morgan fingerprint density at radius 1 is 0.864 bits per heavy atom. The van der Waals surface area contributed by atoms with Crippen LogP contribution in [0.2, 0.25) is 0 Å². The lowest BCUT2D eigenvalue weighted by Crippen LogP contribution is -2.23. The van der Waals surface area contributed by atoms with Crippen LogP contribution < -0.4 is 5.73 Å². The second-order valence-corrected chi connectivity index (χ2v) is 5.72. The molecule has 1 aliphatic carbocycles. The summed E-state index contributed by atoms with van der Waals surface area (Å²) in [5, 5.41) is 0. The van der Waals surface area contributed by atoms with Crippen LogP contribution in [0.1, 0.15) is 63.6 Å². The number of nitrogen functional groups attached to an aromatic ring is 1. The molecule has 0 aromatic heterocycles. The Morgan fingerprint density at radius 3 is 2.23 bits per heavy atom. The molecule has 0 amide bonds. The molecular formula is C19H19NO2. The summed E-state index contributed by atoms with van der Waals surface area (Å²) in [6, 6.07) is 10.4. The highest BCUT2D eigenvalue weighted by molar-refractivity contribution is 6.29. The Kier molecular flexibility index (Phi) is 3.80. The van der Waals surface area contributed by atoms with E-state index in [1.54, 1.807) is 36.4 Å². The molecule has 112 valence electrons. The minimum atomic E-state index is -0.0815. The summed E-state index contributed by atoms with van der Waals surface area (Å²) in [6.07, 6.45) is 3.90. The molecular weight excluding hydrogens is 274 g/mol. The first-order valence-electron chi connectivity index (χ1n) is 7.75. The molecule has 2 N–H and O–H groups in total. The van der Waals surface area contributed by atoms with E-state index in [9.17, 15) is 9.59 Å². The Hall–Kier alpha value is -2.42. The van der Waals surface area contributed by atoms with E-state index < -0.39 is 0 Å². The number of fused-ring (bicyclic) bond motifs is 2. The van der Waals surface area contributed by atoms with Crippen molar-refractivity contribution in [1.82, 2.24) is 0 Å². The predicted octanol–water partition coefficient (Wildman–Crippen LogP) is 3.78. The maximum absolute atomic E-state index is 12.9. The second kappa shape index (κ2) is 5.76. The third-order valence-electron chi connectivity index (χ3n) is 4.27. The van der Waals surface area contributed by atoms with Crippen molar-refractivity contribution >= 4 is 17.3 Å². The molecule has 2 aromatic rings. The van der Waals surface area contributed by atoms with Gasteiger partial charge in [0.1, 0.15) is 0 Å². The number of hydrogen-bond acceptors (Lipinski definition) is 3. The summed E-state index contributed by atoms with van der Waals surface area (Å²) in [5.41, 5.74) is 9.51. The third kappa shape index (κ3) is 2.23. The van der Waals surface area contributed by atoms with Gasteiger partial charge in [0, 0.05) is 27.9 Å². The lowest BCUT2D eigenvalue weighted by Gasteiger charge is -2.21. The quantitative estimate of drug-likeness (QED) is 0.588. The van der Waals surface area contributed by atoms with E-state index in [0.717, 1.165) is 31.2 Å². The lowest BCUT2D eigenvalue weighted by atomic mass is 9.80. The predicted molar refractivity (Wildman–Crippen MR) is 87.4 cm³/mol. The summed E-state index contributed by atoms with van der Waals surface area (Å²) < 4.78 is 0. The third-order valence-corrected chi connectivity index (χ3v) is 4.27. The zero-order valence-electron chi connectivity index (χ0n) is 12.7. The first-order chi connectivity index (χ1) is 10.6. The molecule has 0 heterocycles. The number of hydrogen-bond donors (Lipinski definition) is 1. The van der Waals surface area contributed by atoms with E-state index in [1.807, 2.05) is 0 Å². The van der Waals surface area contributed by atoms with Crippen molar-refractivity contribution < 1.29 is 9.59 Å². The Balaban J connectivity index is 2.14. The van der Waals surface area contributed by atoms with E-state index in [1.165, 1.54) is 0 Å². The van der Waals surface area contributed by atoms with Crippen LogP contribution in [0.4, 0.5) is 5.69 Å². The summed E-state index contributed by atoms with van der Waals surface area (Å²) in [6.45, 7) is 2.13. The van der Waals surface area contributed by atoms with Crippen LogP contribution in [0.15, 0.2) is 36.4 Å². The minimum Gasteiger partial charge on any atom is -0.398 e. The van der Waals surface area contributed by atoms with E-state index >= 15 is 0 Å². The number of anilines is 1. The molecule has 0 radical (unpaired) electrons. The van der Waals surface area contributed by atoms with Crippen LogP contribution in [0, 0.1) is 0 Å². The van der Waals surface area contributed by atoms with Crippen LogP contribution in [0.25, 0.3) is 0 Å². The maximum Gasteiger partial charge on any atom is 0.194 e. The largest absolute Gasteiger partial charge is 0.398 e. The topological polar surface area (TPSA) is 60.2 Å². The molecule has 0 aliphatic heterocycles. The van der Waals surface area contributed by atoms with Gasteiger partial charge in [-0.05, 0) is 30.5 Å².